The Morgan fingerprint density at radius 2 is 1.87 bits per heavy atom. The fourth-order valence-corrected chi connectivity index (χ4v) is 2.54. The highest BCUT2D eigenvalue weighted by Gasteiger charge is 2.23. The van der Waals surface area contributed by atoms with Gasteiger partial charge in [0.25, 0.3) is 0 Å². The first kappa shape index (κ1) is 16.9. The summed E-state index contributed by atoms with van der Waals surface area (Å²) in [5.74, 6) is -0.924. The molecule has 0 radical (unpaired) electrons. The van der Waals surface area contributed by atoms with Crippen molar-refractivity contribution in [3.8, 4) is 0 Å². The minimum atomic E-state index is -0.924. The number of carbonyl (C=O) groups excluding carboxylic acids is 1. The molecule has 23 heavy (non-hydrogen) atoms. The van der Waals surface area contributed by atoms with E-state index in [0.29, 0.717) is 38.4 Å². The average Bonchev–Trinajstić information content (AvgIpc) is 2.55. The first-order valence-electron chi connectivity index (χ1n) is 7.70. The van der Waals surface area contributed by atoms with E-state index >= 15 is 0 Å². The van der Waals surface area contributed by atoms with Gasteiger partial charge in [-0.15, -0.1) is 0 Å². The molecule has 0 saturated carbocycles. The highest BCUT2D eigenvalue weighted by atomic mass is 16.6. The second-order valence-electron chi connectivity index (χ2n) is 5.36. The highest BCUT2D eigenvalue weighted by molar-refractivity contribution is 5.92. The van der Waals surface area contributed by atoms with Crippen molar-refractivity contribution in [3.63, 3.8) is 0 Å². The summed E-state index contributed by atoms with van der Waals surface area (Å²) < 4.78 is 5.02. The summed E-state index contributed by atoms with van der Waals surface area (Å²) in [6.45, 7) is 6.32. The van der Waals surface area contributed by atoms with Gasteiger partial charge < -0.3 is 19.6 Å². The smallest absolute Gasteiger partial charge is 0.409 e. The fraction of sp³-hybridized carbons (Fsp3) is 0.412. The maximum absolute atomic E-state index is 11.7. The predicted molar refractivity (Wildman–Crippen MR) is 88.5 cm³/mol. The Labute approximate surface area is 136 Å². The fourth-order valence-electron chi connectivity index (χ4n) is 2.54. The van der Waals surface area contributed by atoms with Crippen LogP contribution in [0.25, 0.3) is 6.08 Å². The maximum atomic E-state index is 11.7. The first-order valence-corrected chi connectivity index (χ1v) is 7.70. The van der Waals surface area contributed by atoms with Crippen LogP contribution < -0.4 is 4.90 Å². The molecule has 6 nitrogen and oxygen atoms in total. The number of hydrogen-bond acceptors (Lipinski definition) is 4. The molecule has 0 atom stereocenters. The maximum Gasteiger partial charge on any atom is 0.409 e. The lowest BCUT2D eigenvalue weighted by Gasteiger charge is -2.36. The molecule has 6 heteroatoms. The lowest BCUT2D eigenvalue weighted by Crippen LogP contribution is -2.49. The monoisotopic (exact) mass is 318 g/mol. The van der Waals surface area contributed by atoms with Gasteiger partial charge in [0.1, 0.15) is 0 Å². The second-order valence-corrected chi connectivity index (χ2v) is 5.36. The molecule has 1 fully saturated rings. The molecular weight excluding hydrogens is 296 g/mol. The zero-order valence-electron chi connectivity index (χ0n) is 13.5. The second kappa shape index (κ2) is 7.67. The number of para-hydroxylation sites is 1. The minimum Gasteiger partial charge on any atom is -0.478 e. The number of carbonyl (C=O) groups is 2. The summed E-state index contributed by atoms with van der Waals surface area (Å²) in [5, 5.41) is 9.05. The summed E-state index contributed by atoms with van der Waals surface area (Å²) in [7, 11) is 0. The molecule has 124 valence electrons. The van der Waals surface area contributed by atoms with Crippen LogP contribution in [0.3, 0.4) is 0 Å². The number of piperazine rings is 1. The van der Waals surface area contributed by atoms with E-state index in [1.165, 1.54) is 0 Å². The number of ether oxygens (including phenoxy) is 1. The van der Waals surface area contributed by atoms with Gasteiger partial charge in [0.05, 0.1) is 6.61 Å². The lowest BCUT2D eigenvalue weighted by molar-refractivity contribution is -0.132. The topological polar surface area (TPSA) is 70.1 Å². The molecule has 1 heterocycles. The number of hydrogen-bond donors (Lipinski definition) is 1. The number of carboxylic acids is 1. The van der Waals surface area contributed by atoms with Gasteiger partial charge in [-0.1, -0.05) is 18.2 Å². The molecule has 1 aromatic carbocycles. The van der Waals surface area contributed by atoms with Gasteiger partial charge in [-0.05, 0) is 31.6 Å². The van der Waals surface area contributed by atoms with Crippen LogP contribution in [0.2, 0.25) is 0 Å². The number of benzene rings is 1. The summed E-state index contributed by atoms with van der Waals surface area (Å²) in [6.07, 6.45) is 1.40. The van der Waals surface area contributed by atoms with E-state index in [4.69, 9.17) is 9.84 Å². The van der Waals surface area contributed by atoms with Crippen LogP contribution in [-0.2, 0) is 9.53 Å². The highest BCUT2D eigenvalue weighted by Crippen LogP contribution is 2.24. The molecule has 1 aliphatic rings. The summed E-state index contributed by atoms with van der Waals surface area (Å²) in [6, 6.07) is 7.69. The van der Waals surface area contributed by atoms with Crippen molar-refractivity contribution in [2.45, 2.75) is 13.8 Å². The SMILES string of the molecule is CCOC(=O)N1CCN(c2ccccc2/C=C(\C)C(=O)O)CC1. The number of amides is 1. The molecule has 2 rings (SSSR count). The Kier molecular flexibility index (Phi) is 5.62. The standard InChI is InChI=1S/C17H22N2O4/c1-3-23-17(22)19-10-8-18(9-11-19)15-7-5-4-6-14(15)12-13(2)16(20)21/h4-7,12H,3,8-11H2,1-2H3,(H,20,21)/b13-12+. The molecular formula is C17H22N2O4. The molecule has 1 N–H and O–H groups in total. The van der Waals surface area contributed by atoms with Gasteiger partial charge in [0, 0.05) is 37.4 Å². The van der Waals surface area contributed by atoms with E-state index in [2.05, 4.69) is 4.90 Å². The van der Waals surface area contributed by atoms with Crippen LogP contribution in [0.4, 0.5) is 10.5 Å². The van der Waals surface area contributed by atoms with Gasteiger partial charge in [0.2, 0.25) is 0 Å². The zero-order chi connectivity index (χ0) is 16.8. The molecule has 1 aromatic rings. The van der Waals surface area contributed by atoms with Crippen LogP contribution in [-0.4, -0.2) is 54.9 Å². The summed E-state index contributed by atoms with van der Waals surface area (Å²) in [5.41, 5.74) is 2.15. The van der Waals surface area contributed by atoms with Crippen LogP contribution in [0.1, 0.15) is 19.4 Å². The molecule has 1 amide bonds. The average molecular weight is 318 g/mol. The summed E-state index contributed by atoms with van der Waals surface area (Å²) in [4.78, 5) is 26.6. The van der Waals surface area contributed by atoms with Gasteiger partial charge in [-0.25, -0.2) is 9.59 Å². The molecule has 0 unspecified atom stereocenters. The van der Waals surface area contributed by atoms with Crippen molar-refractivity contribution >= 4 is 23.8 Å². The van der Waals surface area contributed by atoms with E-state index in [9.17, 15) is 9.59 Å². The molecule has 0 bridgehead atoms. The van der Waals surface area contributed by atoms with Crippen molar-refractivity contribution in [1.29, 1.82) is 0 Å². The Balaban J connectivity index is 2.11. The van der Waals surface area contributed by atoms with Crippen molar-refractivity contribution < 1.29 is 19.4 Å². The van der Waals surface area contributed by atoms with Crippen LogP contribution in [0.15, 0.2) is 29.8 Å². The molecule has 0 spiro atoms. The molecule has 1 saturated heterocycles. The van der Waals surface area contributed by atoms with E-state index in [0.717, 1.165) is 11.3 Å². The quantitative estimate of drug-likeness (QED) is 0.864. The number of aliphatic carboxylic acids is 1. The summed E-state index contributed by atoms with van der Waals surface area (Å²) >= 11 is 0. The normalized spacial score (nSPS) is 15.5. The number of anilines is 1. The van der Waals surface area contributed by atoms with Crippen LogP contribution in [0, 0.1) is 0 Å². The van der Waals surface area contributed by atoms with E-state index in [1.807, 2.05) is 24.3 Å². The molecule has 1 aliphatic heterocycles. The van der Waals surface area contributed by atoms with Crippen LogP contribution >= 0.6 is 0 Å². The number of rotatable bonds is 4. The number of nitrogens with zero attached hydrogens (tertiary/aromatic N) is 2. The van der Waals surface area contributed by atoms with Crippen molar-refractivity contribution in [3.05, 3.63) is 35.4 Å². The van der Waals surface area contributed by atoms with Crippen LogP contribution in [0.5, 0.6) is 0 Å². The zero-order valence-corrected chi connectivity index (χ0v) is 13.5. The van der Waals surface area contributed by atoms with Gasteiger partial charge in [-0.2, -0.15) is 0 Å². The van der Waals surface area contributed by atoms with Crippen molar-refractivity contribution in [1.82, 2.24) is 4.90 Å². The van der Waals surface area contributed by atoms with E-state index < -0.39 is 5.97 Å². The Morgan fingerprint density at radius 3 is 2.48 bits per heavy atom. The van der Waals surface area contributed by atoms with E-state index in [-0.39, 0.29) is 6.09 Å². The Hall–Kier alpha value is -2.50. The molecule has 0 aromatic heterocycles. The minimum absolute atomic E-state index is 0.276. The van der Waals surface area contributed by atoms with Gasteiger partial charge >= 0.3 is 12.1 Å². The third kappa shape index (κ3) is 4.25. The predicted octanol–water partition coefficient (Wildman–Crippen LogP) is 2.45. The largest absolute Gasteiger partial charge is 0.478 e. The Morgan fingerprint density at radius 1 is 1.22 bits per heavy atom. The van der Waals surface area contributed by atoms with Gasteiger partial charge in [0.15, 0.2) is 0 Å². The number of carboxylic acid groups (broad SMARTS) is 1. The van der Waals surface area contributed by atoms with Crippen molar-refractivity contribution in [2.24, 2.45) is 0 Å². The van der Waals surface area contributed by atoms with Gasteiger partial charge in [-0.3, -0.25) is 0 Å². The van der Waals surface area contributed by atoms with E-state index in [1.54, 1.807) is 24.8 Å². The molecule has 0 aliphatic carbocycles. The Bertz CT molecular complexity index is 604. The first-order chi connectivity index (χ1) is 11.0. The third-order valence-electron chi connectivity index (χ3n) is 3.79. The lowest BCUT2D eigenvalue weighted by atomic mass is 10.1. The van der Waals surface area contributed by atoms with Crippen molar-refractivity contribution in [2.75, 3.05) is 37.7 Å². The third-order valence-corrected chi connectivity index (χ3v) is 3.79.